The van der Waals surface area contributed by atoms with E-state index in [-0.39, 0.29) is 5.91 Å². The largest absolute Gasteiger partial charge is 0.351 e. The lowest BCUT2D eigenvalue weighted by molar-refractivity contribution is 0.0957. The molecule has 0 bridgehead atoms. The van der Waals surface area contributed by atoms with Crippen molar-refractivity contribution in [2.45, 2.75) is 19.3 Å². The fourth-order valence-corrected chi connectivity index (χ4v) is 1.93. The van der Waals surface area contributed by atoms with Crippen molar-refractivity contribution in [2.24, 2.45) is 5.92 Å². The van der Waals surface area contributed by atoms with Crippen molar-refractivity contribution in [3.05, 3.63) is 22.4 Å². The summed E-state index contributed by atoms with van der Waals surface area (Å²) in [5, 5.41) is 4.85. The molecule has 70 valence electrons. The van der Waals surface area contributed by atoms with Gasteiger partial charge in [-0.05, 0) is 23.8 Å². The Bertz CT molecular complexity index is 277. The zero-order chi connectivity index (χ0) is 9.10. The van der Waals surface area contributed by atoms with E-state index in [1.54, 1.807) is 0 Å². The van der Waals surface area contributed by atoms with Gasteiger partial charge in [-0.25, -0.2) is 0 Å². The average molecular weight is 195 g/mol. The lowest BCUT2D eigenvalue weighted by atomic mass is 10.3. The van der Waals surface area contributed by atoms with Crippen LogP contribution in [0.5, 0.6) is 0 Å². The first-order valence-corrected chi connectivity index (χ1v) is 5.56. The molecule has 0 atom stereocenters. The molecule has 13 heavy (non-hydrogen) atoms. The number of thiophene rings is 1. The van der Waals surface area contributed by atoms with E-state index in [0.717, 1.165) is 23.8 Å². The third-order valence-corrected chi connectivity index (χ3v) is 3.15. The normalized spacial score (nSPS) is 15.7. The smallest absolute Gasteiger partial charge is 0.261 e. The third-order valence-electron chi connectivity index (χ3n) is 2.28. The van der Waals surface area contributed by atoms with Gasteiger partial charge in [0, 0.05) is 6.54 Å². The standard InChI is InChI=1S/C10H13NOS/c12-10(9-2-1-7-13-9)11-6-5-8-3-4-8/h1-2,7-8H,3-6H2,(H,11,12). The van der Waals surface area contributed by atoms with Crippen LogP contribution < -0.4 is 5.32 Å². The zero-order valence-electron chi connectivity index (χ0n) is 7.45. The predicted molar refractivity (Wildman–Crippen MR) is 54.0 cm³/mol. The highest BCUT2D eigenvalue weighted by Gasteiger charge is 2.20. The molecule has 0 spiro atoms. The number of hydrogen-bond donors (Lipinski definition) is 1. The van der Waals surface area contributed by atoms with E-state index in [4.69, 9.17) is 0 Å². The van der Waals surface area contributed by atoms with E-state index in [2.05, 4.69) is 5.32 Å². The summed E-state index contributed by atoms with van der Waals surface area (Å²) in [4.78, 5) is 12.2. The highest BCUT2D eigenvalue weighted by atomic mass is 32.1. The molecule has 0 unspecified atom stereocenters. The number of nitrogens with one attached hydrogen (secondary N) is 1. The second kappa shape index (κ2) is 3.92. The molecule has 0 aliphatic heterocycles. The van der Waals surface area contributed by atoms with Gasteiger partial charge in [-0.2, -0.15) is 0 Å². The molecule has 0 saturated heterocycles. The maximum absolute atomic E-state index is 11.4. The maximum Gasteiger partial charge on any atom is 0.261 e. The number of carbonyl (C=O) groups excluding carboxylic acids is 1. The molecule has 1 saturated carbocycles. The maximum atomic E-state index is 11.4. The van der Waals surface area contributed by atoms with E-state index in [1.807, 2.05) is 17.5 Å². The van der Waals surface area contributed by atoms with Crippen LogP contribution in [0.4, 0.5) is 0 Å². The van der Waals surface area contributed by atoms with Gasteiger partial charge in [0.1, 0.15) is 0 Å². The first-order chi connectivity index (χ1) is 6.36. The molecule has 1 aliphatic rings. The van der Waals surface area contributed by atoms with Crippen LogP contribution in [0.25, 0.3) is 0 Å². The molecule has 2 rings (SSSR count). The van der Waals surface area contributed by atoms with Crippen LogP contribution in [0.15, 0.2) is 17.5 Å². The highest BCUT2D eigenvalue weighted by Crippen LogP contribution is 2.31. The Hall–Kier alpha value is -0.830. The number of rotatable bonds is 4. The topological polar surface area (TPSA) is 29.1 Å². The van der Waals surface area contributed by atoms with Crippen LogP contribution in [0.3, 0.4) is 0 Å². The first-order valence-electron chi connectivity index (χ1n) is 4.68. The molecule has 1 aromatic rings. The van der Waals surface area contributed by atoms with Crippen LogP contribution in [0, 0.1) is 5.92 Å². The van der Waals surface area contributed by atoms with Crippen molar-refractivity contribution in [3.8, 4) is 0 Å². The minimum absolute atomic E-state index is 0.0793. The molecule has 0 aromatic carbocycles. The van der Waals surface area contributed by atoms with Crippen molar-refractivity contribution in [1.82, 2.24) is 5.32 Å². The minimum atomic E-state index is 0.0793. The fourth-order valence-electron chi connectivity index (χ4n) is 1.29. The summed E-state index contributed by atoms with van der Waals surface area (Å²) >= 11 is 1.49. The third kappa shape index (κ3) is 2.56. The zero-order valence-corrected chi connectivity index (χ0v) is 8.27. The predicted octanol–water partition coefficient (Wildman–Crippen LogP) is 2.28. The number of carbonyl (C=O) groups is 1. The average Bonchev–Trinajstić information content (AvgIpc) is 2.80. The lowest BCUT2D eigenvalue weighted by Crippen LogP contribution is -2.23. The molecule has 3 heteroatoms. The van der Waals surface area contributed by atoms with E-state index >= 15 is 0 Å². The quantitative estimate of drug-likeness (QED) is 0.784. The van der Waals surface area contributed by atoms with Crippen LogP contribution in [0.1, 0.15) is 28.9 Å². The molecule has 1 fully saturated rings. The van der Waals surface area contributed by atoms with Crippen molar-refractivity contribution in [2.75, 3.05) is 6.54 Å². The summed E-state index contributed by atoms with van der Waals surface area (Å²) in [6.07, 6.45) is 3.86. The summed E-state index contributed by atoms with van der Waals surface area (Å²) in [7, 11) is 0. The second-order valence-electron chi connectivity index (χ2n) is 3.47. The molecule has 2 nitrogen and oxygen atoms in total. The van der Waals surface area contributed by atoms with Gasteiger partial charge in [0.05, 0.1) is 4.88 Å². The molecule has 1 N–H and O–H groups in total. The van der Waals surface area contributed by atoms with Gasteiger partial charge in [-0.1, -0.05) is 18.9 Å². The molecular formula is C10H13NOS. The molecule has 1 aliphatic carbocycles. The number of hydrogen-bond acceptors (Lipinski definition) is 2. The summed E-state index contributed by atoms with van der Waals surface area (Å²) in [6.45, 7) is 0.835. The Balaban J connectivity index is 1.71. The van der Waals surface area contributed by atoms with Crippen molar-refractivity contribution in [1.29, 1.82) is 0 Å². The Morgan fingerprint density at radius 2 is 2.46 bits per heavy atom. The Labute approximate surface area is 82.0 Å². The molecule has 1 heterocycles. The van der Waals surface area contributed by atoms with Crippen LogP contribution in [-0.4, -0.2) is 12.5 Å². The van der Waals surface area contributed by atoms with Gasteiger partial charge in [-0.3, -0.25) is 4.79 Å². The van der Waals surface area contributed by atoms with Gasteiger partial charge in [0.15, 0.2) is 0 Å². The Morgan fingerprint density at radius 1 is 1.62 bits per heavy atom. The first kappa shape index (κ1) is 8.75. The summed E-state index contributed by atoms with van der Waals surface area (Å²) < 4.78 is 0. The van der Waals surface area contributed by atoms with E-state index in [9.17, 15) is 4.79 Å². The Kier molecular flexibility index (Phi) is 2.64. The minimum Gasteiger partial charge on any atom is -0.351 e. The van der Waals surface area contributed by atoms with Gasteiger partial charge >= 0.3 is 0 Å². The van der Waals surface area contributed by atoms with Gasteiger partial charge in [-0.15, -0.1) is 11.3 Å². The molecule has 0 radical (unpaired) electrons. The van der Waals surface area contributed by atoms with E-state index in [1.165, 1.54) is 24.2 Å². The molecular weight excluding hydrogens is 182 g/mol. The molecule has 1 amide bonds. The molecule has 1 aromatic heterocycles. The van der Waals surface area contributed by atoms with Gasteiger partial charge in [0.2, 0.25) is 0 Å². The van der Waals surface area contributed by atoms with Gasteiger partial charge in [0.25, 0.3) is 5.91 Å². The summed E-state index contributed by atoms with van der Waals surface area (Å²) in [6, 6.07) is 3.76. The second-order valence-corrected chi connectivity index (χ2v) is 4.41. The lowest BCUT2D eigenvalue weighted by Gasteiger charge is -2.01. The highest BCUT2D eigenvalue weighted by molar-refractivity contribution is 7.12. The summed E-state index contributed by atoms with van der Waals surface area (Å²) in [5.74, 6) is 0.972. The van der Waals surface area contributed by atoms with Gasteiger partial charge < -0.3 is 5.32 Å². The van der Waals surface area contributed by atoms with Crippen LogP contribution in [0.2, 0.25) is 0 Å². The van der Waals surface area contributed by atoms with Crippen LogP contribution in [-0.2, 0) is 0 Å². The van der Waals surface area contributed by atoms with Crippen molar-refractivity contribution >= 4 is 17.2 Å². The SMILES string of the molecule is O=C(NCCC1CC1)c1cccs1. The van der Waals surface area contributed by atoms with Crippen molar-refractivity contribution in [3.63, 3.8) is 0 Å². The van der Waals surface area contributed by atoms with E-state index < -0.39 is 0 Å². The monoisotopic (exact) mass is 195 g/mol. The number of amides is 1. The fraction of sp³-hybridized carbons (Fsp3) is 0.500. The Morgan fingerprint density at radius 3 is 3.08 bits per heavy atom. The van der Waals surface area contributed by atoms with Crippen LogP contribution >= 0.6 is 11.3 Å². The van der Waals surface area contributed by atoms with E-state index in [0.29, 0.717) is 0 Å². The summed E-state index contributed by atoms with van der Waals surface area (Å²) in [5.41, 5.74) is 0. The van der Waals surface area contributed by atoms with Crippen molar-refractivity contribution < 1.29 is 4.79 Å².